The molecule has 0 atom stereocenters. The van der Waals surface area contributed by atoms with E-state index in [1.165, 1.54) is 0 Å². The number of pyridine rings is 4. The molecule has 7 aromatic heterocycles. The molecule has 3 aromatic carbocycles. The van der Waals surface area contributed by atoms with Gasteiger partial charge in [-0.15, -0.1) is 0 Å². The third kappa shape index (κ3) is 4.47. The molecule has 0 spiro atoms. The summed E-state index contributed by atoms with van der Waals surface area (Å²) in [5.74, 6) is 0.613. The molecular weight excluding hydrogens is 617 g/mol. The first-order valence-electron chi connectivity index (χ1n) is 16.3. The molecule has 0 N–H and O–H groups in total. The molecule has 0 saturated carbocycles. The van der Waals surface area contributed by atoms with Crippen molar-refractivity contribution >= 4 is 43.6 Å². The average molecular weight is 643 g/mol. The van der Waals surface area contributed by atoms with Crippen molar-refractivity contribution in [1.82, 2.24) is 39.0 Å². The SMILES string of the molecule is c1ccc(-c2cc(-c3ccccc3)nc(-c3cc(-n4c5cnccc5c5ccncc54)cc(-n4c5cnccc5c5ccncc54)c3)n2)cc1. The van der Waals surface area contributed by atoms with E-state index in [-0.39, 0.29) is 0 Å². The fourth-order valence-electron chi connectivity index (χ4n) is 7.06. The molecule has 0 bridgehead atoms. The molecular formula is C42H26N8. The normalized spacial score (nSPS) is 11.6. The van der Waals surface area contributed by atoms with Crippen LogP contribution in [0.25, 0.3) is 88.9 Å². The molecule has 7 heterocycles. The fourth-order valence-corrected chi connectivity index (χ4v) is 7.06. The number of hydrogen-bond donors (Lipinski definition) is 0. The van der Waals surface area contributed by atoms with Gasteiger partial charge < -0.3 is 9.13 Å². The summed E-state index contributed by atoms with van der Waals surface area (Å²) in [5.41, 5.74) is 10.4. The molecule has 0 unspecified atom stereocenters. The predicted octanol–water partition coefficient (Wildman–Crippen LogP) is 9.25. The Balaban J connectivity index is 1.31. The third-order valence-corrected chi connectivity index (χ3v) is 9.29. The van der Waals surface area contributed by atoms with E-state index in [2.05, 4.69) is 102 Å². The van der Waals surface area contributed by atoms with Gasteiger partial charge in [0.25, 0.3) is 0 Å². The highest BCUT2D eigenvalue weighted by Gasteiger charge is 2.19. The molecule has 8 heteroatoms. The fraction of sp³-hybridized carbons (Fsp3) is 0. The van der Waals surface area contributed by atoms with Crippen molar-refractivity contribution < 1.29 is 0 Å². The Kier molecular flexibility index (Phi) is 6.32. The summed E-state index contributed by atoms with van der Waals surface area (Å²) >= 11 is 0. The maximum atomic E-state index is 5.21. The summed E-state index contributed by atoms with van der Waals surface area (Å²) in [4.78, 5) is 28.6. The number of rotatable bonds is 5. The van der Waals surface area contributed by atoms with E-state index < -0.39 is 0 Å². The van der Waals surface area contributed by atoms with Gasteiger partial charge in [-0.3, -0.25) is 19.9 Å². The van der Waals surface area contributed by atoms with Crippen molar-refractivity contribution in [2.75, 3.05) is 0 Å². The molecule has 0 aliphatic carbocycles. The minimum Gasteiger partial charge on any atom is -0.306 e. The summed E-state index contributed by atoms with van der Waals surface area (Å²) in [7, 11) is 0. The van der Waals surface area contributed by atoms with Crippen LogP contribution in [0.4, 0.5) is 0 Å². The van der Waals surface area contributed by atoms with Gasteiger partial charge in [0.05, 0.1) is 58.2 Å². The van der Waals surface area contributed by atoms with Crippen LogP contribution in [-0.4, -0.2) is 39.0 Å². The molecule has 0 aliphatic heterocycles. The summed E-state index contributed by atoms with van der Waals surface area (Å²) in [6, 6.07) is 37.3. The van der Waals surface area contributed by atoms with Crippen LogP contribution in [0.3, 0.4) is 0 Å². The predicted molar refractivity (Wildman–Crippen MR) is 198 cm³/mol. The van der Waals surface area contributed by atoms with Gasteiger partial charge in [-0.1, -0.05) is 60.7 Å². The molecule has 10 aromatic rings. The van der Waals surface area contributed by atoms with E-state index in [9.17, 15) is 0 Å². The minimum absolute atomic E-state index is 0.613. The Morgan fingerprint density at radius 2 is 0.740 bits per heavy atom. The number of nitrogens with zero attached hydrogens (tertiary/aromatic N) is 8. The van der Waals surface area contributed by atoms with Gasteiger partial charge in [-0.05, 0) is 48.5 Å². The highest BCUT2D eigenvalue weighted by atomic mass is 15.0. The lowest BCUT2D eigenvalue weighted by atomic mass is 10.1. The van der Waals surface area contributed by atoms with Crippen LogP contribution in [0.2, 0.25) is 0 Å². The second kappa shape index (κ2) is 11.3. The largest absolute Gasteiger partial charge is 0.306 e. The molecule has 0 amide bonds. The third-order valence-electron chi connectivity index (χ3n) is 9.29. The van der Waals surface area contributed by atoms with Gasteiger partial charge in [0.15, 0.2) is 5.82 Å². The summed E-state index contributed by atoms with van der Waals surface area (Å²) in [6.07, 6.45) is 15.0. The summed E-state index contributed by atoms with van der Waals surface area (Å²) in [5, 5.41) is 4.40. The molecule has 234 valence electrons. The number of hydrogen-bond acceptors (Lipinski definition) is 6. The molecule has 10 rings (SSSR count). The van der Waals surface area contributed by atoms with Crippen LogP contribution in [0.1, 0.15) is 0 Å². The van der Waals surface area contributed by atoms with Crippen LogP contribution < -0.4 is 0 Å². The number of aromatic nitrogens is 8. The van der Waals surface area contributed by atoms with E-state index in [1.807, 2.05) is 86.0 Å². The van der Waals surface area contributed by atoms with E-state index in [1.54, 1.807) is 0 Å². The summed E-state index contributed by atoms with van der Waals surface area (Å²) in [6.45, 7) is 0. The first-order valence-corrected chi connectivity index (χ1v) is 16.3. The van der Waals surface area contributed by atoms with Crippen LogP contribution in [0.5, 0.6) is 0 Å². The van der Waals surface area contributed by atoms with Gasteiger partial charge in [-0.25, -0.2) is 9.97 Å². The van der Waals surface area contributed by atoms with Crippen molar-refractivity contribution in [2.45, 2.75) is 0 Å². The molecule has 0 aliphatic rings. The lowest BCUT2D eigenvalue weighted by Gasteiger charge is -2.16. The van der Waals surface area contributed by atoms with Gasteiger partial charge in [0.2, 0.25) is 0 Å². The molecule has 50 heavy (non-hydrogen) atoms. The average Bonchev–Trinajstić information content (AvgIpc) is 3.71. The zero-order chi connectivity index (χ0) is 33.0. The van der Waals surface area contributed by atoms with Gasteiger partial charge in [-0.2, -0.15) is 0 Å². The summed E-state index contributed by atoms with van der Waals surface area (Å²) < 4.78 is 4.45. The number of benzene rings is 3. The highest BCUT2D eigenvalue weighted by Crippen LogP contribution is 2.37. The first-order chi connectivity index (χ1) is 24.8. The minimum atomic E-state index is 0.613. The van der Waals surface area contributed by atoms with Gasteiger partial charge in [0.1, 0.15) is 0 Å². The van der Waals surface area contributed by atoms with E-state index in [0.717, 1.165) is 83.1 Å². The maximum Gasteiger partial charge on any atom is 0.160 e. The van der Waals surface area contributed by atoms with Crippen molar-refractivity contribution in [3.63, 3.8) is 0 Å². The molecule has 8 nitrogen and oxygen atoms in total. The Morgan fingerprint density at radius 3 is 1.12 bits per heavy atom. The first kappa shape index (κ1) is 28.0. The van der Waals surface area contributed by atoms with Crippen LogP contribution in [-0.2, 0) is 0 Å². The van der Waals surface area contributed by atoms with E-state index in [4.69, 9.17) is 9.97 Å². The second-order valence-corrected chi connectivity index (χ2v) is 12.2. The topological polar surface area (TPSA) is 87.2 Å². The Labute approximate surface area is 286 Å². The maximum absolute atomic E-state index is 5.21. The monoisotopic (exact) mass is 642 g/mol. The lowest BCUT2D eigenvalue weighted by Crippen LogP contribution is -2.02. The lowest BCUT2D eigenvalue weighted by molar-refractivity contribution is 1.11. The Hall–Kier alpha value is -7.06. The molecule has 0 radical (unpaired) electrons. The number of fused-ring (bicyclic) bond motifs is 6. The van der Waals surface area contributed by atoms with Crippen molar-refractivity contribution in [3.8, 4) is 45.3 Å². The standard InChI is InChI=1S/C42H26N8/c1-3-7-27(8-4-1)36-22-37(28-9-5-2-6-10-28)48-42(47-36)29-19-30(49-38-23-43-15-11-32(38)33-12-16-44-24-39(33)49)21-31(20-29)50-40-25-45-17-13-34(40)35-14-18-46-26-41(35)50/h1-26H. The van der Waals surface area contributed by atoms with Crippen molar-refractivity contribution in [1.29, 1.82) is 0 Å². The van der Waals surface area contributed by atoms with Crippen molar-refractivity contribution in [3.05, 3.63) is 159 Å². The van der Waals surface area contributed by atoms with E-state index in [0.29, 0.717) is 5.82 Å². The van der Waals surface area contributed by atoms with Crippen LogP contribution in [0, 0.1) is 0 Å². The van der Waals surface area contributed by atoms with E-state index >= 15 is 0 Å². The Bertz CT molecular complexity index is 2580. The quantitative estimate of drug-likeness (QED) is 0.186. The zero-order valence-electron chi connectivity index (χ0n) is 26.6. The zero-order valence-corrected chi connectivity index (χ0v) is 26.6. The van der Waals surface area contributed by atoms with Crippen LogP contribution >= 0.6 is 0 Å². The Morgan fingerprint density at radius 1 is 0.360 bits per heavy atom. The molecule has 0 saturated heterocycles. The molecule has 0 fully saturated rings. The van der Waals surface area contributed by atoms with Gasteiger partial charge in [0, 0.05) is 74.4 Å². The van der Waals surface area contributed by atoms with Gasteiger partial charge >= 0.3 is 0 Å². The highest BCUT2D eigenvalue weighted by molar-refractivity contribution is 6.10. The van der Waals surface area contributed by atoms with Crippen LogP contribution in [0.15, 0.2) is 159 Å². The van der Waals surface area contributed by atoms with Crippen molar-refractivity contribution in [2.24, 2.45) is 0 Å². The second-order valence-electron chi connectivity index (χ2n) is 12.2. The smallest absolute Gasteiger partial charge is 0.160 e.